The van der Waals surface area contributed by atoms with Crippen molar-refractivity contribution in [3.63, 3.8) is 0 Å². The molecule has 1 heterocycles. The normalized spacial score (nSPS) is 17.5. The summed E-state index contributed by atoms with van der Waals surface area (Å²) in [7, 11) is 0. The second kappa shape index (κ2) is 8.19. The van der Waals surface area contributed by atoms with Crippen LogP contribution in [0.3, 0.4) is 0 Å². The molecule has 0 aromatic heterocycles. The molecule has 1 fully saturated rings. The van der Waals surface area contributed by atoms with Crippen molar-refractivity contribution in [2.75, 3.05) is 18.5 Å². The Morgan fingerprint density at radius 3 is 2.04 bits per heavy atom. The van der Waals surface area contributed by atoms with E-state index < -0.39 is 6.10 Å². The van der Waals surface area contributed by atoms with E-state index in [9.17, 15) is 5.11 Å². The first-order valence-electron chi connectivity index (χ1n) is 9.42. The lowest BCUT2D eigenvalue weighted by molar-refractivity contribution is 0.0701. The minimum atomic E-state index is -0.458. The van der Waals surface area contributed by atoms with E-state index in [0.717, 1.165) is 29.5 Å². The Kier molecular flexibility index (Phi) is 5.92. The van der Waals surface area contributed by atoms with Gasteiger partial charge in [-0.15, -0.1) is 0 Å². The molecule has 2 N–H and O–H groups in total. The molecule has 146 valence electrons. The van der Waals surface area contributed by atoms with Gasteiger partial charge in [0.2, 0.25) is 0 Å². The molecule has 2 aromatic carbocycles. The quantitative estimate of drug-likeness (QED) is 0.641. The highest BCUT2D eigenvalue weighted by Gasteiger charge is 2.41. The number of hydrogen-bond acceptors (Lipinski definition) is 5. The topological polar surface area (TPSA) is 63.2 Å². The highest BCUT2D eigenvalue weighted by molar-refractivity contribution is 5.61. The van der Waals surface area contributed by atoms with Crippen molar-refractivity contribution in [1.29, 1.82) is 0 Å². The van der Waals surface area contributed by atoms with Crippen molar-refractivity contribution >= 4 is 11.4 Å². The first-order valence-corrected chi connectivity index (χ1v) is 9.42. The summed E-state index contributed by atoms with van der Waals surface area (Å²) >= 11 is 0. The molecule has 5 nitrogen and oxygen atoms in total. The van der Waals surface area contributed by atoms with Crippen molar-refractivity contribution in [3.05, 3.63) is 48.5 Å². The summed E-state index contributed by atoms with van der Waals surface area (Å²) < 4.78 is 17.0. The lowest BCUT2D eigenvalue weighted by Gasteiger charge is -2.24. The third-order valence-electron chi connectivity index (χ3n) is 4.68. The van der Waals surface area contributed by atoms with Gasteiger partial charge in [0.1, 0.15) is 29.8 Å². The van der Waals surface area contributed by atoms with Crippen molar-refractivity contribution in [2.24, 2.45) is 5.92 Å². The maximum atomic E-state index is 9.81. The SMILES string of the molecule is CC(C)C(O)COc1ccc(Nc2ccc(OC(C)(C)C3CO3)cc2)cc1. The minimum absolute atomic E-state index is 0.178. The van der Waals surface area contributed by atoms with Crippen LogP contribution in [0.25, 0.3) is 0 Å². The lowest BCUT2D eigenvalue weighted by Crippen LogP contribution is -2.34. The van der Waals surface area contributed by atoms with E-state index in [0.29, 0.717) is 6.61 Å². The van der Waals surface area contributed by atoms with Crippen LogP contribution < -0.4 is 14.8 Å². The Bertz CT molecular complexity index is 721. The largest absolute Gasteiger partial charge is 0.491 e. The third kappa shape index (κ3) is 5.62. The van der Waals surface area contributed by atoms with Gasteiger partial charge in [-0.3, -0.25) is 0 Å². The Labute approximate surface area is 161 Å². The van der Waals surface area contributed by atoms with Crippen LogP contribution >= 0.6 is 0 Å². The van der Waals surface area contributed by atoms with E-state index in [1.165, 1.54) is 0 Å². The van der Waals surface area contributed by atoms with Crippen LogP contribution in [0.4, 0.5) is 11.4 Å². The summed E-state index contributed by atoms with van der Waals surface area (Å²) in [6.07, 6.45) is -0.280. The summed E-state index contributed by atoms with van der Waals surface area (Å²) in [6.45, 7) is 9.09. The average molecular weight is 371 g/mol. The van der Waals surface area contributed by atoms with Gasteiger partial charge in [-0.05, 0) is 68.3 Å². The molecular weight excluding hydrogens is 342 g/mol. The second-order valence-electron chi connectivity index (χ2n) is 7.82. The molecule has 3 rings (SSSR count). The molecule has 27 heavy (non-hydrogen) atoms. The van der Waals surface area contributed by atoms with Gasteiger partial charge in [-0.2, -0.15) is 0 Å². The average Bonchev–Trinajstić information content (AvgIpc) is 3.48. The summed E-state index contributed by atoms with van der Waals surface area (Å²) in [6, 6.07) is 15.6. The first kappa shape index (κ1) is 19.5. The van der Waals surface area contributed by atoms with E-state index in [1.807, 2.05) is 76.2 Å². The Morgan fingerprint density at radius 2 is 1.56 bits per heavy atom. The third-order valence-corrected chi connectivity index (χ3v) is 4.68. The van der Waals surface area contributed by atoms with Crippen molar-refractivity contribution < 1.29 is 19.3 Å². The molecule has 0 saturated carbocycles. The highest BCUT2D eigenvalue weighted by Crippen LogP contribution is 2.30. The van der Waals surface area contributed by atoms with Gasteiger partial charge in [-0.25, -0.2) is 0 Å². The van der Waals surface area contributed by atoms with Gasteiger partial charge >= 0.3 is 0 Å². The smallest absolute Gasteiger partial charge is 0.132 e. The number of anilines is 2. The van der Waals surface area contributed by atoms with Gasteiger partial charge < -0.3 is 24.6 Å². The van der Waals surface area contributed by atoms with E-state index in [1.54, 1.807) is 0 Å². The molecule has 0 spiro atoms. The molecule has 5 heteroatoms. The van der Waals surface area contributed by atoms with Gasteiger partial charge in [-0.1, -0.05) is 13.8 Å². The zero-order valence-corrected chi connectivity index (χ0v) is 16.4. The van der Waals surface area contributed by atoms with Crippen molar-refractivity contribution in [2.45, 2.75) is 45.5 Å². The molecule has 1 aliphatic heterocycles. The maximum Gasteiger partial charge on any atom is 0.132 e. The van der Waals surface area contributed by atoms with E-state index in [2.05, 4.69) is 5.32 Å². The molecule has 0 amide bonds. The van der Waals surface area contributed by atoms with Crippen LogP contribution in [0.15, 0.2) is 48.5 Å². The summed E-state index contributed by atoms with van der Waals surface area (Å²) in [5.74, 6) is 1.75. The number of nitrogens with one attached hydrogen (secondary N) is 1. The number of epoxide rings is 1. The lowest BCUT2D eigenvalue weighted by atomic mass is 10.1. The molecule has 1 aliphatic rings. The Balaban J connectivity index is 1.52. The fourth-order valence-corrected chi connectivity index (χ4v) is 2.60. The number of aliphatic hydroxyl groups excluding tert-OH is 1. The standard InChI is InChI=1S/C22H29NO4/c1-15(2)20(24)13-25-18-9-5-16(6-10-18)23-17-7-11-19(12-8-17)27-22(3,4)21-14-26-21/h5-12,15,20-21,23-24H,13-14H2,1-4H3. The monoisotopic (exact) mass is 371 g/mol. The van der Waals surface area contributed by atoms with Crippen molar-refractivity contribution in [3.8, 4) is 11.5 Å². The predicted molar refractivity (Wildman–Crippen MR) is 107 cm³/mol. The predicted octanol–water partition coefficient (Wildman–Crippen LogP) is 4.38. The van der Waals surface area contributed by atoms with Gasteiger partial charge in [0, 0.05) is 11.4 Å². The molecule has 1 saturated heterocycles. The summed E-state index contributed by atoms with van der Waals surface area (Å²) in [5, 5.41) is 13.2. The molecule has 2 atom stereocenters. The Hall–Kier alpha value is -2.24. The van der Waals surface area contributed by atoms with Crippen LogP contribution in [0.2, 0.25) is 0 Å². The first-order chi connectivity index (χ1) is 12.8. The van der Waals surface area contributed by atoms with Crippen LogP contribution in [0.1, 0.15) is 27.7 Å². The summed E-state index contributed by atoms with van der Waals surface area (Å²) in [5.41, 5.74) is 1.63. The zero-order valence-electron chi connectivity index (χ0n) is 16.4. The van der Waals surface area contributed by atoms with Crippen LogP contribution in [-0.2, 0) is 4.74 Å². The van der Waals surface area contributed by atoms with E-state index in [4.69, 9.17) is 14.2 Å². The number of aliphatic hydroxyl groups is 1. The van der Waals surface area contributed by atoms with Crippen LogP contribution in [0, 0.1) is 5.92 Å². The number of benzene rings is 2. The molecule has 0 radical (unpaired) electrons. The zero-order chi connectivity index (χ0) is 19.4. The maximum absolute atomic E-state index is 9.81. The number of ether oxygens (including phenoxy) is 3. The molecule has 0 bridgehead atoms. The van der Waals surface area contributed by atoms with E-state index >= 15 is 0 Å². The fourth-order valence-electron chi connectivity index (χ4n) is 2.60. The molecule has 0 aliphatic carbocycles. The van der Waals surface area contributed by atoms with Crippen molar-refractivity contribution in [1.82, 2.24) is 0 Å². The number of hydrogen-bond donors (Lipinski definition) is 2. The minimum Gasteiger partial charge on any atom is -0.491 e. The van der Waals surface area contributed by atoms with Gasteiger partial charge in [0.25, 0.3) is 0 Å². The number of rotatable bonds is 9. The van der Waals surface area contributed by atoms with Gasteiger partial charge in [0.05, 0.1) is 12.7 Å². The molecule has 2 aromatic rings. The Morgan fingerprint density at radius 1 is 1.04 bits per heavy atom. The van der Waals surface area contributed by atoms with Crippen LogP contribution in [0.5, 0.6) is 11.5 Å². The van der Waals surface area contributed by atoms with E-state index in [-0.39, 0.29) is 17.6 Å². The van der Waals surface area contributed by atoms with Gasteiger partial charge in [0.15, 0.2) is 0 Å². The fraction of sp³-hybridized carbons (Fsp3) is 0.455. The second-order valence-corrected chi connectivity index (χ2v) is 7.82. The molecular formula is C22H29NO4. The highest BCUT2D eigenvalue weighted by atomic mass is 16.6. The summed E-state index contributed by atoms with van der Waals surface area (Å²) in [4.78, 5) is 0. The molecule has 2 unspecified atom stereocenters. The van der Waals surface area contributed by atoms with Crippen LogP contribution in [-0.4, -0.2) is 36.1 Å².